The number of rotatable bonds is 6. The highest BCUT2D eigenvalue weighted by Gasteiger charge is 2.18. The molecule has 7 nitrogen and oxygen atoms in total. The van der Waals surface area contributed by atoms with Crippen molar-refractivity contribution in [3.05, 3.63) is 59.3 Å². The summed E-state index contributed by atoms with van der Waals surface area (Å²) in [6, 6.07) is 13.5. The highest BCUT2D eigenvalue weighted by Crippen LogP contribution is 2.23. The lowest BCUT2D eigenvalue weighted by molar-refractivity contribution is -0.128. The van der Waals surface area contributed by atoms with Crippen molar-refractivity contribution in [2.24, 2.45) is 0 Å². The molecule has 0 aliphatic heterocycles. The molecule has 2 aromatic carbocycles. The number of amides is 2. The van der Waals surface area contributed by atoms with Gasteiger partial charge in [-0.15, -0.1) is 0 Å². The zero-order valence-corrected chi connectivity index (χ0v) is 16.1. The summed E-state index contributed by atoms with van der Waals surface area (Å²) in [6.45, 7) is 4.03. The van der Waals surface area contributed by atoms with E-state index in [9.17, 15) is 9.59 Å². The van der Waals surface area contributed by atoms with Gasteiger partial charge in [0.1, 0.15) is 17.1 Å². The summed E-state index contributed by atoms with van der Waals surface area (Å²) in [6.07, 6.45) is -0.826. The molecular formula is C20H19ClN2O5. The molecule has 3 aromatic rings. The van der Waals surface area contributed by atoms with Crippen LogP contribution in [0.1, 0.15) is 24.4 Å². The lowest BCUT2D eigenvalue weighted by Crippen LogP contribution is -2.47. The fourth-order valence-corrected chi connectivity index (χ4v) is 2.63. The summed E-state index contributed by atoms with van der Waals surface area (Å²) in [4.78, 5) is 24.3. The third kappa shape index (κ3) is 4.75. The van der Waals surface area contributed by atoms with Crippen LogP contribution in [0.15, 0.2) is 52.9 Å². The number of nitrogens with one attached hydrogen (secondary N) is 2. The second-order valence-corrected chi connectivity index (χ2v) is 6.34. The molecule has 28 heavy (non-hydrogen) atoms. The summed E-state index contributed by atoms with van der Waals surface area (Å²) in [7, 11) is 0. The molecule has 3 rings (SSSR count). The van der Waals surface area contributed by atoms with Gasteiger partial charge in [0.25, 0.3) is 5.91 Å². The topological polar surface area (TPSA) is 89.8 Å². The van der Waals surface area contributed by atoms with Crippen LogP contribution in [0.3, 0.4) is 0 Å². The molecule has 1 atom stereocenters. The molecule has 0 spiro atoms. The molecule has 0 bridgehead atoms. The minimum atomic E-state index is -0.826. The molecule has 0 aliphatic rings. The van der Waals surface area contributed by atoms with Gasteiger partial charge in [0.15, 0.2) is 11.9 Å². The fourth-order valence-electron chi connectivity index (χ4n) is 2.45. The normalized spacial score (nSPS) is 11.7. The number of fused-ring (bicyclic) bond motifs is 1. The zero-order chi connectivity index (χ0) is 20.1. The van der Waals surface area contributed by atoms with Crippen molar-refractivity contribution in [2.75, 3.05) is 6.61 Å². The number of furan rings is 1. The standard InChI is InChI=1S/C20H19ClN2O5/c1-3-26-15-5-7-16(8-6-15)27-12(2)19(24)22-23-20(25)18-11-13-10-14(21)4-9-17(13)28-18/h4-12H,3H2,1-2H3,(H,22,24)(H,23,25). The molecule has 146 valence electrons. The minimum absolute atomic E-state index is 0.0534. The highest BCUT2D eigenvalue weighted by atomic mass is 35.5. The second kappa shape index (κ2) is 8.67. The quantitative estimate of drug-likeness (QED) is 0.613. The Labute approximate surface area is 166 Å². The maximum absolute atomic E-state index is 12.2. The van der Waals surface area contributed by atoms with Crippen molar-refractivity contribution in [3.8, 4) is 11.5 Å². The Hall–Kier alpha value is -3.19. The van der Waals surface area contributed by atoms with Gasteiger partial charge < -0.3 is 13.9 Å². The molecular weight excluding hydrogens is 384 g/mol. The maximum Gasteiger partial charge on any atom is 0.305 e. The largest absolute Gasteiger partial charge is 0.494 e. The fraction of sp³-hybridized carbons (Fsp3) is 0.200. The van der Waals surface area contributed by atoms with Crippen LogP contribution >= 0.6 is 11.6 Å². The number of benzene rings is 2. The molecule has 0 fully saturated rings. The smallest absolute Gasteiger partial charge is 0.305 e. The molecule has 0 radical (unpaired) electrons. The van der Waals surface area contributed by atoms with E-state index in [2.05, 4.69) is 10.9 Å². The molecule has 2 amide bonds. The van der Waals surface area contributed by atoms with E-state index < -0.39 is 17.9 Å². The van der Waals surface area contributed by atoms with Crippen molar-refractivity contribution in [1.29, 1.82) is 0 Å². The van der Waals surface area contributed by atoms with E-state index in [-0.39, 0.29) is 5.76 Å². The Kier molecular flexibility index (Phi) is 6.06. The summed E-state index contributed by atoms with van der Waals surface area (Å²) in [5, 5.41) is 1.23. The lowest BCUT2D eigenvalue weighted by Gasteiger charge is -2.15. The summed E-state index contributed by atoms with van der Waals surface area (Å²) >= 11 is 5.92. The van der Waals surface area contributed by atoms with Gasteiger partial charge in [0.2, 0.25) is 0 Å². The Morgan fingerprint density at radius 3 is 2.50 bits per heavy atom. The Morgan fingerprint density at radius 2 is 1.79 bits per heavy atom. The lowest BCUT2D eigenvalue weighted by atomic mass is 10.2. The van der Waals surface area contributed by atoms with Crippen LogP contribution in [0.5, 0.6) is 11.5 Å². The number of hydrogen-bond donors (Lipinski definition) is 2. The van der Waals surface area contributed by atoms with Gasteiger partial charge in [-0.2, -0.15) is 0 Å². The van der Waals surface area contributed by atoms with E-state index in [4.69, 9.17) is 25.5 Å². The Bertz CT molecular complexity index is 984. The Balaban J connectivity index is 1.53. The second-order valence-electron chi connectivity index (χ2n) is 5.90. The van der Waals surface area contributed by atoms with Crippen LogP contribution in [0.4, 0.5) is 0 Å². The van der Waals surface area contributed by atoms with Crippen molar-refractivity contribution < 1.29 is 23.5 Å². The monoisotopic (exact) mass is 402 g/mol. The first-order valence-corrected chi connectivity index (χ1v) is 9.03. The molecule has 2 N–H and O–H groups in total. The van der Waals surface area contributed by atoms with Crippen molar-refractivity contribution in [1.82, 2.24) is 10.9 Å². The van der Waals surface area contributed by atoms with E-state index in [0.717, 1.165) is 0 Å². The van der Waals surface area contributed by atoms with Crippen LogP contribution in [0.2, 0.25) is 5.02 Å². The molecule has 1 unspecified atom stereocenters. The zero-order valence-electron chi connectivity index (χ0n) is 15.3. The van der Waals surface area contributed by atoms with Gasteiger partial charge in [-0.3, -0.25) is 20.4 Å². The van der Waals surface area contributed by atoms with Gasteiger partial charge in [-0.25, -0.2) is 0 Å². The Morgan fingerprint density at radius 1 is 1.07 bits per heavy atom. The van der Waals surface area contributed by atoms with Crippen molar-refractivity contribution in [2.45, 2.75) is 20.0 Å². The van der Waals surface area contributed by atoms with Crippen LogP contribution in [-0.4, -0.2) is 24.5 Å². The number of ether oxygens (including phenoxy) is 2. The van der Waals surface area contributed by atoms with Crippen molar-refractivity contribution in [3.63, 3.8) is 0 Å². The van der Waals surface area contributed by atoms with Crippen LogP contribution < -0.4 is 20.3 Å². The van der Waals surface area contributed by atoms with E-state index in [0.29, 0.717) is 34.1 Å². The van der Waals surface area contributed by atoms with Gasteiger partial charge in [0, 0.05) is 10.4 Å². The van der Waals surface area contributed by atoms with E-state index >= 15 is 0 Å². The first-order chi connectivity index (χ1) is 13.5. The van der Waals surface area contributed by atoms with Crippen LogP contribution in [-0.2, 0) is 4.79 Å². The highest BCUT2D eigenvalue weighted by molar-refractivity contribution is 6.31. The number of hydrogen-bond acceptors (Lipinski definition) is 5. The predicted octanol–water partition coefficient (Wildman–Crippen LogP) is 3.71. The molecule has 0 saturated carbocycles. The van der Waals surface area contributed by atoms with Gasteiger partial charge in [-0.05, 0) is 62.4 Å². The number of halogens is 1. The number of carbonyl (C=O) groups excluding carboxylic acids is 2. The molecule has 0 aliphatic carbocycles. The first kappa shape index (κ1) is 19.6. The SMILES string of the molecule is CCOc1ccc(OC(C)C(=O)NNC(=O)c2cc3cc(Cl)ccc3o2)cc1. The third-order valence-electron chi connectivity index (χ3n) is 3.82. The molecule has 0 saturated heterocycles. The molecule has 1 aromatic heterocycles. The minimum Gasteiger partial charge on any atom is -0.494 e. The molecule has 1 heterocycles. The van der Waals surface area contributed by atoms with E-state index in [1.807, 2.05) is 6.92 Å². The van der Waals surface area contributed by atoms with E-state index in [1.54, 1.807) is 55.5 Å². The van der Waals surface area contributed by atoms with Gasteiger partial charge in [-0.1, -0.05) is 11.6 Å². The number of carbonyl (C=O) groups is 2. The summed E-state index contributed by atoms with van der Waals surface area (Å²) in [5.74, 6) is 0.172. The summed E-state index contributed by atoms with van der Waals surface area (Å²) in [5.41, 5.74) is 5.14. The molecule has 8 heteroatoms. The summed E-state index contributed by atoms with van der Waals surface area (Å²) < 4.78 is 16.3. The number of hydrazine groups is 1. The average Bonchev–Trinajstić information content (AvgIpc) is 3.10. The van der Waals surface area contributed by atoms with E-state index in [1.165, 1.54) is 0 Å². The van der Waals surface area contributed by atoms with Gasteiger partial charge >= 0.3 is 5.91 Å². The average molecular weight is 403 g/mol. The predicted molar refractivity (Wildman–Crippen MR) is 105 cm³/mol. The third-order valence-corrected chi connectivity index (χ3v) is 4.05. The van der Waals surface area contributed by atoms with Gasteiger partial charge in [0.05, 0.1) is 6.61 Å². The maximum atomic E-state index is 12.2. The van der Waals surface area contributed by atoms with Crippen molar-refractivity contribution >= 4 is 34.4 Å². The first-order valence-electron chi connectivity index (χ1n) is 8.65. The van der Waals surface area contributed by atoms with Crippen LogP contribution in [0, 0.1) is 0 Å². The van der Waals surface area contributed by atoms with Crippen LogP contribution in [0.25, 0.3) is 11.0 Å².